The van der Waals surface area contributed by atoms with Crippen molar-refractivity contribution in [3.8, 4) is 5.75 Å². The Kier molecular flexibility index (Phi) is 3.84. The van der Waals surface area contributed by atoms with Gasteiger partial charge < -0.3 is 9.15 Å². The number of H-pyrrole nitrogens is 1. The number of aromatic amines is 1. The van der Waals surface area contributed by atoms with Crippen molar-refractivity contribution in [1.82, 2.24) is 9.78 Å². The van der Waals surface area contributed by atoms with Gasteiger partial charge in [-0.1, -0.05) is 0 Å². The summed E-state index contributed by atoms with van der Waals surface area (Å²) in [6.45, 7) is 4.92. The van der Waals surface area contributed by atoms with Crippen molar-refractivity contribution in [3.63, 3.8) is 0 Å². The molecule has 0 amide bonds. The zero-order chi connectivity index (χ0) is 17.4. The van der Waals surface area contributed by atoms with E-state index in [-0.39, 0.29) is 6.61 Å². The Morgan fingerprint density at radius 1 is 1.17 bits per heavy atom. The zero-order valence-corrected chi connectivity index (χ0v) is 13.5. The molecule has 0 radical (unpaired) electrons. The van der Waals surface area contributed by atoms with Gasteiger partial charge in [-0.15, -0.1) is 0 Å². The van der Waals surface area contributed by atoms with Crippen LogP contribution in [0.15, 0.2) is 38.3 Å². The van der Waals surface area contributed by atoms with Crippen LogP contribution in [-0.2, 0) is 0 Å². The van der Waals surface area contributed by atoms with Crippen molar-refractivity contribution in [3.05, 3.63) is 61.9 Å². The first-order valence-electron chi connectivity index (χ1n) is 7.35. The number of nitrogens with zero attached hydrogens (tertiary/aromatic N) is 1. The van der Waals surface area contributed by atoms with Crippen LogP contribution in [0.5, 0.6) is 5.75 Å². The van der Waals surface area contributed by atoms with Crippen LogP contribution in [0.2, 0.25) is 0 Å². The van der Waals surface area contributed by atoms with Crippen LogP contribution in [-0.4, -0.2) is 22.3 Å². The van der Waals surface area contributed by atoms with Gasteiger partial charge in [0.2, 0.25) is 0 Å². The molecule has 0 aliphatic carbocycles. The van der Waals surface area contributed by atoms with Gasteiger partial charge in [-0.05, 0) is 38.5 Å². The fourth-order valence-electron chi connectivity index (χ4n) is 2.43. The van der Waals surface area contributed by atoms with E-state index in [1.54, 1.807) is 32.0 Å². The Bertz CT molecular complexity index is 1060. The van der Waals surface area contributed by atoms with E-state index in [4.69, 9.17) is 9.15 Å². The summed E-state index contributed by atoms with van der Waals surface area (Å²) in [7, 11) is 0. The molecule has 0 bridgehead atoms. The van der Waals surface area contributed by atoms with E-state index in [0.29, 0.717) is 22.6 Å². The fourth-order valence-corrected chi connectivity index (χ4v) is 2.43. The first-order valence-corrected chi connectivity index (χ1v) is 7.35. The van der Waals surface area contributed by atoms with Crippen molar-refractivity contribution < 1.29 is 13.9 Å². The number of hydrogen-bond donors (Lipinski definition) is 1. The highest BCUT2D eigenvalue weighted by atomic mass is 16.5. The minimum absolute atomic E-state index is 0.319. The lowest BCUT2D eigenvalue weighted by Gasteiger charge is -2.08. The molecule has 0 aliphatic rings. The minimum Gasteiger partial charge on any atom is -0.484 e. The molecule has 0 saturated heterocycles. The van der Waals surface area contributed by atoms with E-state index in [1.807, 2.05) is 6.92 Å². The molecule has 124 valence electrons. The molecule has 7 heteroatoms. The topological polar surface area (TPSA) is 94.3 Å². The monoisotopic (exact) mass is 328 g/mol. The molecule has 1 aromatic carbocycles. The molecule has 0 aliphatic heterocycles. The van der Waals surface area contributed by atoms with Gasteiger partial charge in [-0.25, -0.2) is 4.79 Å². The molecule has 7 nitrogen and oxygen atoms in total. The Hall–Kier alpha value is -3.09. The maximum absolute atomic E-state index is 12.0. The van der Waals surface area contributed by atoms with E-state index in [9.17, 15) is 14.4 Å². The maximum atomic E-state index is 12.0. The SMILES string of the molecule is Cc1cc(=O)n(C(=O)COc2ccc3c(C)c(C)c(=O)oc3c2)[nH]1. The Morgan fingerprint density at radius 3 is 2.58 bits per heavy atom. The standard InChI is InChI=1S/C17H16N2O5/c1-9-6-15(20)19(18-9)16(21)8-23-12-4-5-13-10(2)11(3)17(22)24-14(13)7-12/h4-7,18H,8H2,1-3H3. The number of ether oxygens (including phenoxy) is 1. The molecule has 0 unspecified atom stereocenters. The van der Waals surface area contributed by atoms with Gasteiger partial charge in [0.05, 0.1) is 0 Å². The largest absolute Gasteiger partial charge is 0.484 e. The first kappa shape index (κ1) is 15.8. The summed E-state index contributed by atoms with van der Waals surface area (Å²) in [6.07, 6.45) is 0. The number of aryl methyl sites for hydroxylation is 2. The molecule has 0 fully saturated rings. The van der Waals surface area contributed by atoms with Gasteiger partial charge in [0.15, 0.2) is 6.61 Å². The lowest BCUT2D eigenvalue weighted by atomic mass is 10.1. The van der Waals surface area contributed by atoms with Crippen molar-refractivity contribution in [2.45, 2.75) is 20.8 Å². The molecular formula is C17H16N2O5. The highest BCUT2D eigenvalue weighted by Crippen LogP contribution is 2.23. The van der Waals surface area contributed by atoms with Crippen LogP contribution < -0.4 is 15.9 Å². The van der Waals surface area contributed by atoms with Gasteiger partial charge in [-0.3, -0.25) is 14.7 Å². The Balaban J connectivity index is 1.85. The molecule has 0 atom stereocenters. The molecular weight excluding hydrogens is 312 g/mol. The highest BCUT2D eigenvalue weighted by Gasteiger charge is 2.12. The summed E-state index contributed by atoms with van der Waals surface area (Å²) in [5, 5.41) is 3.45. The third-order valence-corrected chi connectivity index (χ3v) is 3.89. The zero-order valence-electron chi connectivity index (χ0n) is 13.5. The third-order valence-electron chi connectivity index (χ3n) is 3.89. The lowest BCUT2D eigenvalue weighted by Crippen LogP contribution is -2.28. The van der Waals surface area contributed by atoms with E-state index < -0.39 is 17.1 Å². The minimum atomic E-state index is -0.519. The van der Waals surface area contributed by atoms with E-state index in [2.05, 4.69) is 5.10 Å². The second-order valence-electron chi connectivity index (χ2n) is 5.59. The quantitative estimate of drug-likeness (QED) is 0.741. The summed E-state index contributed by atoms with van der Waals surface area (Å²) < 4.78 is 11.6. The van der Waals surface area contributed by atoms with Crippen molar-refractivity contribution in [2.75, 3.05) is 6.61 Å². The van der Waals surface area contributed by atoms with Crippen LogP contribution >= 0.6 is 0 Å². The normalized spacial score (nSPS) is 11.0. The summed E-state index contributed by atoms with van der Waals surface area (Å²) in [5.74, 6) is -0.145. The molecule has 2 heterocycles. The second-order valence-corrected chi connectivity index (χ2v) is 5.59. The van der Waals surface area contributed by atoms with Crippen LogP contribution in [0.1, 0.15) is 21.6 Å². The number of nitrogens with one attached hydrogen (secondary N) is 1. The maximum Gasteiger partial charge on any atom is 0.339 e. The summed E-state index contributed by atoms with van der Waals surface area (Å²) in [6, 6.07) is 6.34. The molecule has 3 aromatic rings. The Labute approximate surface area is 136 Å². The van der Waals surface area contributed by atoms with Gasteiger partial charge in [0, 0.05) is 28.8 Å². The highest BCUT2D eigenvalue weighted by molar-refractivity contribution is 5.83. The average Bonchev–Trinajstić information content (AvgIpc) is 2.89. The number of carbonyl (C=O) groups is 1. The smallest absolute Gasteiger partial charge is 0.339 e. The lowest BCUT2D eigenvalue weighted by molar-refractivity contribution is 0.0816. The molecule has 24 heavy (non-hydrogen) atoms. The van der Waals surface area contributed by atoms with E-state index in [1.165, 1.54) is 6.07 Å². The predicted octanol–water partition coefficient (Wildman–Crippen LogP) is 1.93. The predicted molar refractivity (Wildman–Crippen MR) is 87.9 cm³/mol. The van der Waals surface area contributed by atoms with Crippen LogP contribution in [0.25, 0.3) is 11.0 Å². The summed E-state index contributed by atoms with van der Waals surface area (Å²) in [5.41, 5.74) is 1.55. The number of aromatic nitrogens is 2. The van der Waals surface area contributed by atoms with E-state index >= 15 is 0 Å². The summed E-state index contributed by atoms with van der Waals surface area (Å²) in [4.78, 5) is 35.3. The van der Waals surface area contributed by atoms with Gasteiger partial charge in [0.1, 0.15) is 11.3 Å². The fraction of sp³-hybridized carbons (Fsp3) is 0.235. The molecule has 0 saturated carbocycles. The summed E-state index contributed by atoms with van der Waals surface area (Å²) >= 11 is 0. The number of benzene rings is 1. The van der Waals surface area contributed by atoms with Gasteiger partial charge >= 0.3 is 5.63 Å². The van der Waals surface area contributed by atoms with Crippen molar-refractivity contribution in [2.24, 2.45) is 0 Å². The van der Waals surface area contributed by atoms with Crippen LogP contribution in [0.3, 0.4) is 0 Å². The molecule has 3 rings (SSSR count). The molecule has 1 N–H and O–H groups in total. The van der Waals surface area contributed by atoms with Gasteiger partial charge in [-0.2, -0.15) is 4.68 Å². The number of carbonyl (C=O) groups excluding carboxylic acids is 1. The van der Waals surface area contributed by atoms with Crippen LogP contribution in [0.4, 0.5) is 0 Å². The van der Waals surface area contributed by atoms with Gasteiger partial charge in [0.25, 0.3) is 11.5 Å². The van der Waals surface area contributed by atoms with Crippen molar-refractivity contribution >= 4 is 16.9 Å². The first-order chi connectivity index (χ1) is 11.4. The number of hydrogen-bond acceptors (Lipinski definition) is 5. The average molecular weight is 328 g/mol. The number of rotatable bonds is 3. The second kappa shape index (κ2) is 5.84. The van der Waals surface area contributed by atoms with E-state index in [0.717, 1.165) is 15.6 Å². The Morgan fingerprint density at radius 2 is 1.92 bits per heavy atom. The third kappa shape index (κ3) is 2.76. The molecule has 2 aromatic heterocycles. The van der Waals surface area contributed by atoms with Crippen LogP contribution in [0, 0.1) is 20.8 Å². The molecule has 0 spiro atoms. The van der Waals surface area contributed by atoms with Crippen molar-refractivity contribution in [1.29, 1.82) is 0 Å². The number of fused-ring (bicyclic) bond motifs is 1.